The van der Waals surface area contributed by atoms with E-state index in [0.717, 1.165) is 6.42 Å². The third kappa shape index (κ3) is 3.64. The average Bonchev–Trinajstić information content (AvgIpc) is 2.31. The molecule has 0 aliphatic heterocycles. The number of benzene rings is 1. The molecule has 0 aliphatic rings. The van der Waals surface area contributed by atoms with Gasteiger partial charge in [-0.05, 0) is 12.0 Å². The number of hydrazine groups is 1. The van der Waals surface area contributed by atoms with Gasteiger partial charge in [0.15, 0.2) is 0 Å². The van der Waals surface area contributed by atoms with Gasteiger partial charge >= 0.3 is 6.61 Å². The molecule has 0 spiro atoms. The van der Waals surface area contributed by atoms with E-state index in [4.69, 9.17) is 5.84 Å². The van der Waals surface area contributed by atoms with Gasteiger partial charge in [0, 0.05) is 5.56 Å². The minimum Gasteiger partial charge on any atom is -0.434 e. The lowest BCUT2D eigenvalue weighted by molar-refractivity contribution is -0.0508. The van der Waals surface area contributed by atoms with Crippen molar-refractivity contribution < 1.29 is 13.5 Å². The molecule has 0 bridgehead atoms. The number of alkyl halides is 2. The van der Waals surface area contributed by atoms with Crippen LogP contribution >= 0.6 is 0 Å². The smallest absolute Gasteiger partial charge is 0.387 e. The number of halogens is 2. The summed E-state index contributed by atoms with van der Waals surface area (Å²) < 4.78 is 29.0. The van der Waals surface area contributed by atoms with E-state index in [1.54, 1.807) is 18.2 Å². The first-order chi connectivity index (χ1) is 8.10. The van der Waals surface area contributed by atoms with Gasteiger partial charge in [-0.2, -0.15) is 8.78 Å². The van der Waals surface area contributed by atoms with E-state index in [2.05, 4.69) is 10.2 Å². The Hall–Kier alpha value is -1.20. The first-order valence-electron chi connectivity index (χ1n) is 5.60. The number of ether oxygens (including phenoxy) is 1. The zero-order valence-electron chi connectivity index (χ0n) is 9.99. The summed E-state index contributed by atoms with van der Waals surface area (Å²) in [6.45, 7) is 1.20. The van der Waals surface area contributed by atoms with Crippen LogP contribution in [0.3, 0.4) is 0 Å². The molecule has 0 aromatic heterocycles. The summed E-state index contributed by atoms with van der Waals surface area (Å²) in [4.78, 5) is 0. The summed E-state index contributed by atoms with van der Waals surface area (Å²) >= 11 is 0. The minimum atomic E-state index is -2.83. The van der Waals surface area contributed by atoms with Crippen molar-refractivity contribution in [2.24, 2.45) is 11.8 Å². The predicted molar refractivity (Wildman–Crippen MR) is 62.6 cm³/mol. The lowest BCUT2D eigenvalue weighted by Gasteiger charge is -2.24. The number of hydrogen-bond acceptors (Lipinski definition) is 3. The lowest BCUT2D eigenvalue weighted by atomic mass is 9.92. The molecule has 2 atom stereocenters. The number of nitrogens with two attached hydrogens (primary N) is 1. The first-order valence-corrected chi connectivity index (χ1v) is 5.60. The highest BCUT2D eigenvalue weighted by atomic mass is 19.3. The van der Waals surface area contributed by atoms with Crippen LogP contribution in [0.4, 0.5) is 8.78 Å². The van der Waals surface area contributed by atoms with Crippen LogP contribution in [0.1, 0.15) is 31.9 Å². The Labute approximate surface area is 99.9 Å². The SMILES string of the molecule is CCC(C)C(NN)c1ccccc1OC(F)F. The van der Waals surface area contributed by atoms with Gasteiger partial charge in [-0.25, -0.2) is 0 Å². The topological polar surface area (TPSA) is 47.3 Å². The molecule has 0 radical (unpaired) electrons. The van der Waals surface area contributed by atoms with E-state index in [9.17, 15) is 8.78 Å². The Morgan fingerprint density at radius 3 is 2.53 bits per heavy atom. The zero-order valence-corrected chi connectivity index (χ0v) is 9.99. The quantitative estimate of drug-likeness (QED) is 0.597. The van der Waals surface area contributed by atoms with Gasteiger partial charge in [-0.3, -0.25) is 11.3 Å². The van der Waals surface area contributed by atoms with Gasteiger partial charge in [0.05, 0.1) is 6.04 Å². The van der Waals surface area contributed by atoms with E-state index < -0.39 is 6.61 Å². The Morgan fingerprint density at radius 2 is 2.00 bits per heavy atom. The molecule has 0 saturated heterocycles. The summed E-state index contributed by atoms with van der Waals surface area (Å²) in [6.07, 6.45) is 0.887. The molecule has 3 nitrogen and oxygen atoms in total. The molecule has 1 aromatic rings. The van der Waals surface area contributed by atoms with Crippen LogP contribution in [0, 0.1) is 5.92 Å². The number of para-hydroxylation sites is 1. The van der Waals surface area contributed by atoms with Crippen LogP contribution in [-0.2, 0) is 0 Å². The molecule has 0 fully saturated rings. The maximum absolute atomic E-state index is 12.3. The van der Waals surface area contributed by atoms with Gasteiger partial charge in [-0.15, -0.1) is 0 Å². The highest BCUT2D eigenvalue weighted by Crippen LogP contribution is 2.31. The van der Waals surface area contributed by atoms with Crippen LogP contribution < -0.4 is 16.0 Å². The number of rotatable bonds is 6. The third-order valence-corrected chi connectivity index (χ3v) is 2.86. The molecule has 17 heavy (non-hydrogen) atoms. The summed E-state index contributed by atoms with van der Waals surface area (Å²) in [5.41, 5.74) is 3.31. The summed E-state index contributed by atoms with van der Waals surface area (Å²) in [5, 5.41) is 0. The molecule has 1 rings (SSSR count). The average molecular weight is 244 g/mol. The molecule has 3 N–H and O–H groups in total. The molecule has 96 valence electrons. The molecule has 0 heterocycles. The van der Waals surface area contributed by atoms with Crippen LogP contribution in [0.2, 0.25) is 0 Å². The maximum atomic E-state index is 12.3. The fourth-order valence-electron chi connectivity index (χ4n) is 1.74. The van der Waals surface area contributed by atoms with E-state index in [0.29, 0.717) is 5.56 Å². The monoisotopic (exact) mass is 244 g/mol. The second-order valence-corrected chi connectivity index (χ2v) is 3.95. The summed E-state index contributed by atoms with van der Waals surface area (Å²) in [7, 11) is 0. The van der Waals surface area contributed by atoms with Crippen molar-refractivity contribution in [2.75, 3.05) is 0 Å². The largest absolute Gasteiger partial charge is 0.434 e. The Morgan fingerprint density at radius 1 is 1.35 bits per heavy atom. The van der Waals surface area contributed by atoms with Gasteiger partial charge in [0.1, 0.15) is 5.75 Å². The molecule has 0 amide bonds. The normalized spacial score (nSPS) is 14.7. The third-order valence-electron chi connectivity index (χ3n) is 2.86. The van der Waals surface area contributed by atoms with Gasteiger partial charge in [0.25, 0.3) is 0 Å². The van der Waals surface area contributed by atoms with Crippen LogP contribution in [0.25, 0.3) is 0 Å². The fraction of sp³-hybridized carbons (Fsp3) is 0.500. The number of nitrogens with one attached hydrogen (secondary N) is 1. The predicted octanol–water partition coefficient (Wildman–Crippen LogP) is 2.84. The van der Waals surface area contributed by atoms with E-state index in [-0.39, 0.29) is 17.7 Å². The lowest BCUT2D eigenvalue weighted by Crippen LogP contribution is -2.32. The van der Waals surface area contributed by atoms with Gasteiger partial charge in [0.2, 0.25) is 0 Å². The van der Waals surface area contributed by atoms with Gasteiger partial charge in [-0.1, -0.05) is 38.5 Å². The second kappa shape index (κ2) is 6.51. The molecule has 5 heteroatoms. The van der Waals surface area contributed by atoms with Crippen molar-refractivity contribution in [3.8, 4) is 5.75 Å². The Balaban J connectivity index is 3.01. The molecule has 0 saturated carbocycles. The summed E-state index contributed by atoms with van der Waals surface area (Å²) in [5.74, 6) is 5.88. The second-order valence-electron chi connectivity index (χ2n) is 3.95. The van der Waals surface area contributed by atoms with Crippen molar-refractivity contribution >= 4 is 0 Å². The van der Waals surface area contributed by atoms with Crippen molar-refractivity contribution in [3.05, 3.63) is 29.8 Å². The summed E-state index contributed by atoms with van der Waals surface area (Å²) in [6, 6.07) is 6.50. The van der Waals surface area contributed by atoms with Crippen molar-refractivity contribution in [3.63, 3.8) is 0 Å². The molecular weight excluding hydrogens is 226 g/mol. The van der Waals surface area contributed by atoms with E-state index in [1.807, 2.05) is 13.8 Å². The highest BCUT2D eigenvalue weighted by molar-refractivity contribution is 5.36. The standard InChI is InChI=1S/C12H18F2N2O/c1-3-8(2)11(16-15)9-6-4-5-7-10(9)17-12(13)14/h4-8,11-12,16H,3,15H2,1-2H3. The minimum absolute atomic E-state index is 0.172. The Kier molecular flexibility index (Phi) is 5.31. The first kappa shape index (κ1) is 13.9. The van der Waals surface area contributed by atoms with Crippen molar-refractivity contribution in [1.82, 2.24) is 5.43 Å². The van der Waals surface area contributed by atoms with Crippen LogP contribution in [-0.4, -0.2) is 6.61 Å². The molecule has 1 aromatic carbocycles. The van der Waals surface area contributed by atoms with Crippen LogP contribution in [0.5, 0.6) is 5.75 Å². The molecular formula is C12H18F2N2O. The van der Waals surface area contributed by atoms with Gasteiger partial charge < -0.3 is 4.74 Å². The van der Waals surface area contributed by atoms with E-state index >= 15 is 0 Å². The van der Waals surface area contributed by atoms with Crippen molar-refractivity contribution in [1.29, 1.82) is 0 Å². The maximum Gasteiger partial charge on any atom is 0.387 e. The van der Waals surface area contributed by atoms with Crippen molar-refractivity contribution in [2.45, 2.75) is 32.9 Å². The molecule has 0 aliphatic carbocycles. The zero-order chi connectivity index (χ0) is 12.8. The number of hydrogen-bond donors (Lipinski definition) is 2. The van der Waals surface area contributed by atoms with Crippen LogP contribution in [0.15, 0.2) is 24.3 Å². The molecule has 2 unspecified atom stereocenters. The van der Waals surface area contributed by atoms with E-state index in [1.165, 1.54) is 6.07 Å². The Bertz CT molecular complexity index is 347. The highest BCUT2D eigenvalue weighted by Gasteiger charge is 2.21. The fourth-order valence-corrected chi connectivity index (χ4v) is 1.74.